The van der Waals surface area contributed by atoms with E-state index in [1.165, 1.54) is 0 Å². The Morgan fingerprint density at radius 3 is 2.46 bits per heavy atom. The number of carbonyl (C=O) groups excluding carboxylic acids is 1. The highest BCUT2D eigenvalue weighted by Gasteiger charge is 1.98. The molecule has 0 radical (unpaired) electrons. The van der Waals surface area contributed by atoms with Gasteiger partial charge in [-0.3, -0.25) is 4.79 Å². The molecule has 0 N–H and O–H groups in total. The van der Waals surface area contributed by atoms with Crippen LogP contribution in [0.5, 0.6) is 0 Å². The van der Waals surface area contributed by atoms with Crippen molar-refractivity contribution in [2.45, 2.75) is 33.6 Å². The van der Waals surface area contributed by atoms with Gasteiger partial charge >= 0.3 is 0 Å². The molecule has 0 aliphatic heterocycles. The first-order valence-electron chi connectivity index (χ1n) is 4.65. The number of ketones is 1. The number of allylic oxidation sites excluding steroid dienone is 5. The van der Waals surface area contributed by atoms with E-state index < -0.39 is 0 Å². The zero-order valence-electron chi connectivity index (χ0n) is 8.76. The van der Waals surface area contributed by atoms with E-state index in [-0.39, 0.29) is 5.78 Å². The van der Waals surface area contributed by atoms with Crippen LogP contribution in [0.25, 0.3) is 0 Å². The van der Waals surface area contributed by atoms with Gasteiger partial charge in [-0.15, -0.1) is 0 Å². The molecule has 0 saturated heterocycles. The number of hydrogen-bond acceptors (Lipinski definition) is 1. The number of rotatable bonds is 5. The van der Waals surface area contributed by atoms with Crippen LogP contribution in [0, 0.1) is 0 Å². The lowest BCUT2D eigenvalue weighted by Crippen LogP contribution is -1.93. The van der Waals surface area contributed by atoms with E-state index in [1.54, 1.807) is 6.92 Å². The number of carbonyl (C=O) groups is 1. The Morgan fingerprint density at radius 2 is 2.08 bits per heavy atom. The van der Waals surface area contributed by atoms with Crippen molar-refractivity contribution in [2.24, 2.45) is 0 Å². The maximum atomic E-state index is 11.1. The summed E-state index contributed by atoms with van der Waals surface area (Å²) in [7, 11) is 0. The van der Waals surface area contributed by atoms with Gasteiger partial charge in [-0.05, 0) is 26.3 Å². The third kappa shape index (κ3) is 5.18. The molecular weight excluding hydrogens is 160 g/mol. The highest BCUT2D eigenvalue weighted by molar-refractivity contribution is 5.96. The highest BCUT2D eigenvalue weighted by Crippen LogP contribution is 2.09. The Bertz CT molecular complexity index is 244. The molecule has 0 amide bonds. The highest BCUT2D eigenvalue weighted by atomic mass is 16.1. The fraction of sp³-hybridized carbons (Fsp3) is 0.417. The summed E-state index contributed by atoms with van der Waals surface area (Å²) in [5.74, 6) is 0.0929. The van der Waals surface area contributed by atoms with Gasteiger partial charge in [-0.2, -0.15) is 0 Å². The minimum Gasteiger partial charge on any atom is -0.295 e. The molecule has 0 spiro atoms. The molecule has 0 aliphatic rings. The van der Waals surface area contributed by atoms with E-state index in [1.807, 2.05) is 25.2 Å². The average Bonchev–Trinajstić information content (AvgIpc) is 2.04. The second-order valence-electron chi connectivity index (χ2n) is 3.06. The zero-order valence-corrected chi connectivity index (χ0v) is 8.76. The van der Waals surface area contributed by atoms with Crippen LogP contribution in [0.2, 0.25) is 0 Å². The van der Waals surface area contributed by atoms with Gasteiger partial charge in [0, 0.05) is 5.57 Å². The van der Waals surface area contributed by atoms with Crippen LogP contribution in [0.4, 0.5) is 0 Å². The minimum atomic E-state index is 0.0929. The summed E-state index contributed by atoms with van der Waals surface area (Å²) in [4.78, 5) is 11.1. The zero-order chi connectivity index (χ0) is 10.3. The summed E-state index contributed by atoms with van der Waals surface area (Å²) in [6.07, 6.45) is 7.58. The van der Waals surface area contributed by atoms with Crippen molar-refractivity contribution in [3.63, 3.8) is 0 Å². The molecule has 0 aromatic heterocycles. The maximum absolute atomic E-state index is 11.1. The molecule has 0 aliphatic carbocycles. The number of Topliss-reactive ketones (excluding diaryl/α,β-unsaturated/α-hetero) is 1. The Kier molecular flexibility index (Phi) is 5.86. The van der Waals surface area contributed by atoms with Gasteiger partial charge in [-0.25, -0.2) is 0 Å². The van der Waals surface area contributed by atoms with Crippen LogP contribution in [0.15, 0.2) is 36.0 Å². The Labute approximate surface area is 80.8 Å². The summed E-state index contributed by atoms with van der Waals surface area (Å²) < 4.78 is 0. The lowest BCUT2D eigenvalue weighted by Gasteiger charge is -1.99. The Hall–Kier alpha value is -1.11. The van der Waals surface area contributed by atoms with E-state index >= 15 is 0 Å². The van der Waals surface area contributed by atoms with Crippen molar-refractivity contribution in [2.75, 3.05) is 0 Å². The molecule has 0 saturated carbocycles. The van der Waals surface area contributed by atoms with E-state index in [0.29, 0.717) is 0 Å². The molecule has 0 aromatic carbocycles. The van der Waals surface area contributed by atoms with E-state index in [4.69, 9.17) is 0 Å². The van der Waals surface area contributed by atoms with E-state index in [9.17, 15) is 4.79 Å². The van der Waals surface area contributed by atoms with E-state index in [0.717, 1.165) is 24.0 Å². The van der Waals surface area contributed by atoms with Crippen molar-refractivity contribution in [3.05, 3.63) is 36.0 Å². The smallest absolute Gasteiger partial charge is 0.159 e. The van der Waals surface area contributed by atoms with Crippen molar-refractivity contribution in [1.82, 2.24) is 0 Å². The van der Waals surface area contributed by atoms with Gasteiger partial charge in [-0.1, -0.05) is 37.6 Å². The molecule has 1 heteroatoms. The first-order valence-corrected chi connectivity index (χ1v) is 4.65. The molecule has 0 atom stereocenters. The van der Waals surface area contributed by atoms with Crippen molar-refractivity contribution in [3.8, 4) is 0 Å². The van der Waals surface area contributed by atoms with Gasteiger partial charge in [0.25, 0.3) is 0 Å². The molecule has 13 heavy (non-hydrogen) atoms. The van der Waals surface area contributed by atoms with E-state index in [2.05, 4.69) is 13.5 Å². The summed E-state index contributed by atoms with van der Waals surface area (Å²) in [5.41, 5.74) is 1.76. The average molecular weight is 178 g/mol. The van der Waals surface area contributed by atoms with Gasteiger partial charge in [0.2, 0.25) is 0 Å². The fourth-order valence-corrected chi connectivity index (χ4v) is 1.06. The quantitative estimate of drug-likeness (QED) is 0.465. The Morgan fingerprint density at radius 1 is 1.46 bits per heavy atom. The fourth-order valence-electron chi connectivity index (χ4n) is 1.06. The molecule has 72 valence electrons. The van der Waals surface area contributed by atoms with Gasteiger partial charge in [0.15, 0.2) is 5.78 Å². The maximum Gasteiger partial charge on any atom is 0.159 e. The second-order valence-corrected chi connectivity index (χ2v) is 3.06. The normalized spacial score (nSPS) is 12.1. The summed E-state index contributed by atoms with van der Waals surface area (Å²) in [6.45, 7) is 9.46. The van der Waals surface area contributed by atoms with Crippen LogP contribution < -0.4 is 0 Å². The lowest BCUT2D eigenvalue weighted by atomic mass is 10.1. The predicted molar refractivity (Wildman–Crippen MR) is 57.6 cm³/mol. The molecule has 0 heterocycles. The molecule has 0 rings (SSSR count). The lowest BCUT2D eigenvalue weighted by molar-refractivity contribution is -0.113. The van der Waals surface area contributed by atoms with Crippen LogP contribution in [-0.2, 0) is 4.79 Å². The molecular formula is C12H18O. The molecule has 0 bridgehead atoms. The third-order valence-corrected chi connectivity index (χ3v) is 1.68. The monoisotopic (exact) mass is 178 g/mol. The second kappa shape index (κ2) is 6.41. The molecule has 0 aromatic rings. The summed E-state index contributed by atoms with van der Waals surface area (Å²) in [5, 5.41) is 0. The summed E-state index contributed by atoms with van der Waals surface area (Å²) in [6, 6.07) is 0. The topological polar surface area (TPSA) is 17.1 Å². The molecule has 0 unspecified atom stereocenters. The van der Waals surface area contributed by atoms with Crippen molar-refractivity contribution in [1.29, 1.82) is 0 Å². The van der Waals surface area contributed by atoms with Crippen LogP contribution in [0.3, 0.4) is 0 Å². The minimum absolute atomic E-state index is 0.0929. The SMILES string of the molecule is C=C(/C=C(\C=C/C)C(C)=O)CCC. The third-order valence-electron chi connectivity index (χ3n) is 1.68. The van der Waals surface area contributed by atoms with Crippen LogP contribution >= 0.6 is 0 Å². The van der Waals surface area contributed by atoms with Gasteiger partial charge in [0.05, 0.1) is 0 Å². The Balaban J connectivity index is 4.53. The number of hydrogen-bond donors (Lipinski definition) is 0. The first-order chi connectivity index (χ1) is 6.11. The standard InChI is InChI=1S/C12H18O/c1-5-7-10(3)9-12(8-6-2)11(4)13/h6,8-9H,3,5,7H2,1-2,4H3/b8-6-,12-9+. The molecule has 0 fully saturated rings. The largest absolute Gasteiger partial charge is 0.295 e. The molecule has 1 nitrogen and oxygen atoms in total. The summed E-state index contributed by atoms with van der Waals surface area (Å²) >= 11 is 0. The van der Waals surface area contributed by atoms with Crippen LogP contribution in [0.1, 0.15) is 33.6 Å². The first kappa shape index (κ1) is 11.9. The predicted octanol–water partition coefficient (Wildman–Crippen LogP) is 3.43. The van der Waals surface area contributed by atoms with Gasteiger partial charge in [0.1, 0.15) is 0 Å². The van der Waals surface area contributed by atoms with Crippen molar-refractivity contribution >= 4 is 5.78 Å². The van der Waals surface area contributed by atoms with Crippen molar-refractivity contribution < 1.29 is 4.79 Å². The van der Waals surface area contributed by atoms with Crippen LogP contribution in [-0.4, -0.2) is 5.78 Å². The van der Waals surface area contributed by atoms with Gasteiger partial charge < -0.3 is 0 Å².